The minimum Gasteiger partial charge on any atom is -0.358 e. The van der Waals surface area contributed by atoms with Gasteiger partial charge in [0.05, 0.1) is 0 Å². The molecule has 0 N–H and O–H groups in total. The Balaban J connectivity index is 2.66. The van der Waals surface area contributed by atoms with E-state index in [0.717, 1.165) is 6.20 Å². The van der Waals surface area contributed by atoms with Gasteiger partial charge in [0, 0.05) is 11.4 Å². The summed E-state index contributed by atoms with van der Waals surface area (Å²) in [7, 11) is -4.03. The van der Waals surface area contributed by atoms with E-state index >= 15 is 0 Å². The SMILES string of the molecule is Cc1ncc([N+](=O)[O-])n1S(=O)(=O)c1ccc(Br)cc1. The van der Waals surface area contributed by atoms with Crippen LogP contribution >= 0.6 is 15.9 Å². The molecule has 0 atom stereocenters. The van der Waals surface area contributed by atoms with Gasteiger partial charge in [0.15, 0.2) is 0 Å². The van der Waals surface area contributed by atoms with Crippen LogP contribution in [0.4, 0.5) is 5.82 Å². The van der Waals surface area contributed by atoms with Gasteiger partial charge in [-0.2, -0.15) is 8.42 Å². The van der Waals surface area contributed by atoms with Gasteiger partial charge in [0.2, 0.25) is 5.82 Å². The van der Waals surface area contributed by atoms with Gasteiger partial charge in [-0.05, 0) is 29.2 Å². The fourth-order valence-electron chi connectivity index (χ4n) is 1.55. The zero-order valence-corrected chi connectivity index (χ0v) is 12.1. The first-order valence-electron chi connectivity index (χ1n) is 5.04. The van der Waals surface area contributed by atoms with E-state index in [9.17, 15) is 18.5 Å². The summed E-state index contributed by atoms with van der Waals surface area (Å²) < 4.78 is 26.0. The van der Waals surface area contributed by atoms with Crippen molar-refractivity contribution in [1.29, 1.82) is 0 Å². The lowest BCUT2D eigenvalue weighted by molar-refractivity contribution is -0.390. The van der Waals surface area contributed by atoms with Crippen LogP contribution in [0.2, 0.25) is 0 Å². The summed E-state index contributed by atoms with van der Waals surface area (Å²) in [6.07, 6.45) is 0.922. The second-order valence-electron chi connectivity index (χ2n) is 3.64. The lowest BCUT2D eigenvalue weighted by atomic mass is 10.4. The monoisotopic (exact) mass is 345 g/mol. The molecule has 0 unspecified atom stereocenters. The van der Waals surface area contributed by atoms with Crippen molar-refractivity contribution >= 4 is 31.8 Å². The predicted molar refractivity (Wildman–Crippen MR) is 70.3 cm³/mol. The molecule has 100 valence electrons. The van der Waals surface area contributed by atoms with Gasteiger partial charge >= 0.3 is 15.8 Å². The molecule has 0 aliphatic carbocycles. The number of halogens is 1. The molecule has 0 spiro atoms. The lowest BCUT2D eigenvalue weighted by Crippen LogP contribution is -2.16. The van der Waals surface area contributed by atoms with Crippen molar-refractivity contribution in [3.63, 3.8) is 0 Å². The molecular weight excluding hydrogens is 338 g/mol. The van der Waals surface area contributed by atoms with Gasteiger partial charge in [0.1, 0.15) is 11.1 Å². The predicted octanol–water partition coefficient (Wildman–Crippen LogP) is 2.10. The summed E-state index contributed by atoms with van der Waals surface area (Å²) in [4.78, 5) is 13.7. The number of imidazole rings is 1. The Bertz CT molecular complexity index is 737. The highest BCUT2D eigenvalue weighted by atomic mass is 79.9. The summed E-state index contributed by atoms with van der Waals surface area (Å²) >= 11 is 3.19. The highest BCUT2D eigenvalue weighted by Gasteiger charge is 2.31. The Morgan fingerprint density at radius 1 is 1.32 bits per heavy atom. The van der Waals surface area contributed by atoms with Crippen molar-refractivity contribution in [3.8, 4) is 0 Å². The minimum atomic E-state index is -4.03. The number of hydrogen-bond acceptors (Lipinski definition) is 5. The number of aromatic nitrogens is 2. The third-order valence-corrected chi connectivity index (χ3v) is 4.74. The Hall–Kier alpha value is -1.74. The van der Waals surface area contributed by atoms with Crippen LogP contribution in [-0.4, -0.2) is 22.3 Å². The molecule has 1 aromatic heterocycles. The van der Waals surface area contributed by atoms with Gasteiger partial charge in [-0.3, -0.25) is 0 Å². The van der Waals surface area contributed by atoms with Crippen molar-refractivity contribution in [1.82, 2.24) is 8.96 Å². The fourth-order valence-corrected chi connectivity index (χ4v) is 3.26. The average Bonchev–Trinajstić information content (AvgIpc) is 2.72. The van der Waals surface area contributed by atoms with Crippen LogP contribution in [-0.2, 0) is 10.0 Å². The Kier molecular flexibility index (Phi) is 3.42. The van der Waals surface area contributed by atoms with E-state index in [0.29, 0.717) is 8.45 Å². The molecule has 0 aliphatic rings. The molecule has 19 heavy (non-hydrogen) atoms. The number of hydrogen-bond donors (Lipinski definition) is 0. The molecule has 0 radical (unpaired) electrons. The van der Waals surface area contributed by atoms with E-state index in [4.69, 9.17) is 0 Å². The van der Waals surface area contributed by atoms with Crippen LogP contribution in [0.15, 0.2) is 39.8 Å². The van der Waals surface area contributed by atoms with Crippen LogP contribution in [0.3, 0.4) is 0 Å². The normalized spacial score (nSPS) is 11.5. The van der Waals surface area contributed by atoms with Crippen LogP contribution in [0.1, 0.15) is 5.82 Å². The number of aryl methyl sites for hydroxylation is 1. The van der Waals surface area contributed by atoms with Gasteiger partial charge in [0.25, 0.3) is 0 Å². The topological polar surface area (TPSA) is 95.1 Å². The molecule has 0 saturated heterocycles. The molecule has 1 heterocycles. The largest absolute Gasteiger partial charge is 0.358 e. The number of benzene rings is 1. The summed E-state index contributed by atoms with van der Waals surface area (Å²) in [6, 6.07) is 5.82. The Labute approximate surface area is 117 Å². The van der Waals surface area contributed by atoms with Gasteiger partial charge in [-0.25, -0.2) is 4.98 Å². The van der Waals surface area contributed by atoms with E-state index in [1.165, 1.54) is 19.1 Å². The molecule has 0 aliphatic heterocycles. The number of rotatable bonds is 3. The average molecular weight is 346 g/mol. The zero-order valence-electron chi connectivity index (χ0n) is 9.65. The van der Waals surface area contributed by atoms with Crippen molar-refractivity contribution < 1.29 is 13.3 Å². The summed E-state index contributed by atoms with van der Waals surface area (Å²) in [6.45, 7) is 1.39. The van der Waals surface area contributed by atoms with Crippen LogP contribution in [0.5, 0.6) is 0 Å². The molecule has 0 fully saturated rings. The molecule has 2 rings (SSSR count). The number of nitro groups is 1. The Morgan fingerprint density at radius 3 is 2.42 bits per heavy atom. The fraction of sp³-hybridized carbons (Fsp3) is 0.100. The molecule has 1 aromatic carbocycles. The zero-order chi connectivity index (χ0) is 14.2. The maximum Gasteiger partial charge on any atom is 0.358 e. The molecular formula is C10H8BrN3O4S. The van der Waals surface area contributed by atoms with E-state index in [1.54, 1.807) is 12.1 Å². The van der Waals surface area contributed by atoms with Crippen LogP contribution in [0, 0.1) is 17.0 Å². The molecule has 7 nitrogen and oxygen atoms in total. The summed E-state index contributed by atoms with van der Waals surface area (Å²) in [5.41, 5.74) is 0. The van der Waals surface area contributed by atoms with E-state index in [2.05, 4.69) is 20.9 Å². The van der Waals surface area contributed by atoms with E-state index in [1.807, 2.05) is 0 Å². The van der Waals surface area contributed by atoms with Gasteiger partial charge in [-0.1, -0.05) is 19.9 Å². The maximum atomic E-state index is 12.4. The van der Waals surface area contributed by atoms with Gasteiger partial charge in [-0.15, -0.1) is 0 Å². The second-order valence-corrected chi connectivity index (χ2v) is 6.35. The van der Waals surface area contributed by atoms with Crippen LogP contribution < -0.4 is 0 Å². The highest BCUT2D eigenvalue weighted by Crippen LogP contribution is 2.23. The smallest absolute Gasteiger partial charge is 0.358 e. The van der Waals surface area contributed by atoms with E-state index in [-0.39, 0.29) is 10.7 Å². The standard InChI is InChI=1S/C10H8BrN3O4S/c1-7-12-6-10(14(15)16)13(7)19(17,18)9-4-2-8(11)3-5-9/h2-6H,1H3. The maximum absolute atomic E-state index is 12.4. The summed E-state index contributed by atoms with van der Waals surface area (Å²) in [5.74, 6) is -0.546. The molecule has 0 bridgehead atoms. The van der Waals surface area contributed by atoms with Crippen molar-refractivity contribution in [2.24, 2.45) is 0 Å². The van der Waals surface area contributed by atoms with Crippen molar-refractivity contribution in [2.45, 2.75) is 11.8 Å². The summed E-state index contributed by atoms with van der Waals surface area (Å²) in [5, 5.41) is 10.8. The quantitative estimate of drug-likeness (QED) is 0.626. The van der Waals surface area contributed by atoms with Crippen molar-refractivity contribution in [3.05, 3.63) is 50.9 Å². The molecule has 0 amide bonds. The molecule has 2 aromatic rings. The molecule has 0 saturated carbocycles. The second kappa shape index (κ2) is 4.74. The highest BCUT2D eigenvalue weighted by molar-refractivity contribution is 9.10. The third-order valence-electron chi connectivity index (χ3n) is 2.41. The first-order valence-corrected chi connectivity index (χ1v) is 7.27. The first-order chi connectivity index (χ1) is 8.84. The van der Waals surface area contributed by atoms with Gasteiger partial charge < -0.3 is 10.1 Å². The van der Waals surface area contributed by atoms with Crippen LogP contribution in [0.25, 0.3) is 0 Å². The third kappa shape index (κ3) is 2.38. The minimum absolute atomic E-state index is 0.0367. The lowest BCUT2D eigenvalue weighted by Gasteiger charge is -2.04. The number of nitrogens with zero attached hydrogens (tertiary/aromatic N) is 3. The van der Waals surface area contributed by atoms with E-state index < -0.39 is 20.8 Å². The molecule has 9 heteroatoms. The van der Waals surface area contributed by atoms with Crippen molar-refractivity contribution in [2.75, 3.05) is 0 Å². The Morgan fingerprint density at radius 2 is 1.89 bits per heavy atom. The first kappa shape index (κ1) is 13.7.